The molecule has 0 amide bonds. The van der Waals surface area contributed by atoms with Crippen molar-refractivity contribution in [3.63, 3.8) is 0 Å². The third kappa shape index (κ3) is 7.21. The number of hydrogen-bond donors (Lipinski definition) is 2. The number of methoxy groups -OCH3 is 5. The molecule has 58 heavy (non-hydrogen) atoms. The zero-order chi connectivity index (χ0) is 41.1. The van der Waals surface area contributed by atoms with Gasteiger partial charge in [-0.3, -0.25) is 4.79 Å². The Kier molecular flexibility index (Phi) is 11.2. The molecule has 0 heterocycles. The largest absolute Gasteiger partial charge is 0.506 e. The number of nitrogens with zero attached hydrogens (tertiary/aromatic N) is 2. The highest BCUT2D eigenvalue weighted by molar-refractivity contribution is 6.40. The molecule has 10 heteroatoms. The van der Waals surface area contributed by atoms with Crippen molar-refractivity contribution in [3.05, 3.63) is 172 Å². The van der Waals surface area contributed by atoms with Crippen LogP contribution in [0, 0.1) is 13.8 Å². The lowest BCUT2D eigenvalue weighted by Gasteiger charge is -2.30. The zero-order valence-corrected chi connectivity index (χ0v) is 33.5. The number of Topliss-reactive ketones (excluding diaryl/α,β-unsaturated/α-hetero) is 1. The smallest absolute Gasteiger partial charge is 0.219 e. The third-order valence-electron chi connectivity index (χ3n) is 10.2. The van der Waals surface area contributed by atoms with Crippen LogP contribution in [-0.2, 0) is 20.9 Å². The molecule has 0 aromatic heterocycles. The van der Waals surface area contributed by atoms with Crippen LogP contribution in [0.3, 0.4) is 0 Å². The van der Waals surface area contributed by atoms with E-state index in [0.29, 0.717) is 45.6 Å². The highest BCUT2D eigenvalue weighted by Gasteiger charge is 2.44. The molecule has 5 aromatic carbocycles. The van der Waals surface area contributed by atoms with E-state index in [-0.39, 0.29) is 23.5 Å². The Morgan fingerprint density at radius 3 is 1.50 bits per heavy atom. The van der Waals surface area contributed by atoms with Crippen LogP contribution in [0.4, 0.5) is 28.4 Å². The lowest BCUT2D eigenvalue weighted by atomic mass is 9.78. The fourth-order valence-electron chi connectivity index (χ4n) is 7.18. The number of benzene rings is 5. The van der Waals surface area contributed by atoms with E-state index in [1.54, 1.807) is 19.2 Å². The monoisotopic (exact) mass is 777 g/mol. The van der Waals surface area contributed by atoms with Crippen molar-refractivity contribution >= 4 is 45.5 Å². The van der Waals surface area contributed by atoms with Crippen LogP contribution in [0.5, 0.6) is 17.2 Å². The maximum Gasteiger partial charge on any atom is 0.219 e. The summed E-state index contributed by atoms with van der Waals surface area (Å²) in [5.74, 6) is 1.31. The molecule has 0 radical (unpaired) electrons. The van der Waals surface area contributed by atoms with Crippen molar-refractivity contribution in [1.82, 2.24) is 4.58 Å². The van der Waals surface area contributed by atoms with Crippen LogP contribution in [0.15, 0.2) is 150 Å². The fourth-order valence-corrected chi connectivity index (χ4v) is 7.18. The van der Waals surface area contributed by atoms with Crippen molar-refractivity contribution in [2.24, 2.45) is 0 Å². The second-order valence-corrected chi connectivity index (χ2v) is 13.7. The van der Waals surface area contributed by atoms with Crippen molar-refractivity contribution in [3.8, 4) is 17.2 Å². The topological polar surface area (TPSA) is 110 Å². The Morgan fingerprint density at radius 1 is 0.569 bits per heavy atom. The standard InChI is InChI=1S/C48H44N2O8/c1-29-8-14-32(15-9-29)49(34-18-12-31(28-51)13-19-34)36-24-39(55-4)43(40(25-36)56-5)45-47(52)46(48(45)53)44-41(57-6)26-37(27-42(44)58-7)50(33-16-10-30(2)11-17-33)35-20-22-38(54-3)23-21-35/h8-27,51H,28H2,1-7H3/p+1. The van der Waals surface area contributed by atoms with Crippen LogP contribution in [0.2, 0.25) is 0 Å². The summed E-state index contributed by atoms with van der Waals surface area (Å²) in [5.41, 5.74) is 8.50. The molecule has 0 saturated heterocycles. The molecule has 0 unspecified atom stereocenters. The molecule has 0 bridgehead atoms. The van der Waals surface area contributed by atoms with Crippen LogP contribution in [0.1, 0.15) is 22.3 Å². The third-order valence-corrected chi connectivity index (χ3v) is 10.2. The van der Waals surface area contributed by atoms with Crippen molar-refractivity contribution < 1.29 is 38.7 Å². The Hall–Kier alpha value is -7.04. The molecule has 0 saturated carbocycles. The highest BCUT2D eigenvalue weighted by Crippen LogP contribution is 2.50. The minimum Gasteiger partial charge on any atom is -0.506 e. The van der Waals surface area contributed by atoms with Gasteiger partial charge in [-0.05, 0) is 55.8 Å². The SMILES string of the molecule is COC1=CC(=[N+](c2ccc(C)cc2)c2ccc(OC)cc2)C=C(OC)C1=C1C(=O)C(c2c(OC)cc(N(c3ccc(C)cc3)c3ccc(CO)cc3)cc2OC)=C1O. The van der Waals surface area contributed by atoms with E-state index in [0.717, 1.165) is 45.2 Å². The van der Waals surface area contributed by atoms with Gasteiger partial charge >= 0.3 is 0 Å². The number of anilines is 3. The van der Waals surface area contributed by atoms with E-state index in [1.807, 2.05) is 133 Å². The first kappa shape index (κ1) is 39.2. The summed E-state index contributed by atoms with van der Waals surface area (Å²) in [5, 5.41) is 21.6. The minimum atomic E-state index is -0.438. The molecule has 294 valence electrons. The summed E-state index contributed by atoms with van der Waals surface area (Å²) >= 11 is 0. The fraction of sp³-hybridized carbons (Fsp3) is 0.167. The predicted molar refractivity (Wildman–Crippen MR) is 227 cm³/mol. The number of allylic oxidation sites excluding steroid dienone is 4. The Bertz CT molecular complexity index is 2480. The number of carbonyl (C=O) groups is 1. The second kappa shape index (κ2) is 16.6. The number of aryl methyl sites for hydroxylation is 2. The van der Waals surface area contributed by atoms with Gasteiger partial charge in [-0.15, -0.1) is 0 Å². The van der Waals surface area contributed by atoms with E-state index in [1.165, 1.54) is 28.4 Å². The number of ether oxygens (including phenoxy) is 5. The van der Waals surface area contributed by atoms with Gasteiger partial charge in [0.05, 0.1) is 82.3 Å². The van der Waals surface area contributed by atoms with Crippen molar-refractivity contribution in [1.29, 1.82) is 0 Å². The van der Waals surface area contributed by atoms with E-state index in [2.05, 4.69) is 0 Å². The summed E-state index contributed by atoms with van der Waals surface area (Å²) in [6, 6.07) is 35.0. The van der Waals surface area contributed by atoms with E-state index >= 15 is 0 Å². The van der Waals surface area contributed by atoms with Gasteiger partial charge in [-0.1, -0.05) is 47.5 Å². The molecule has 2 N–H and O–H groups in total. The maximum absolute atomic E-state index is 14.4. The van der Waals surface area contributed by atoms with Gasteiger partial charge in [0.2, 0.25) is 22.9 Å². The number of aliphatic hydroxyl groups is 2. The zero-order valence-electron chi connectivity index (χ0n) is 33.5. The molecule has 0 spiro atoms. The molecular weight excluding hydrogens is 733 g/mol. The number of aliphatic hydroxyl groups excluding tert-OH is 2. The van der Waals surface area contributed by atoms with Gasteiger partial charge in [0.15, 0.2) is 0 Å². The summed E-state index contributed by atoms with van der Waals surface area (Å²) < 4.78 is 31.2. The van der Waals surface area contributed by atoms with Crippen molar-refractivity contribution in [2.45, 2.75) is 20.5 Å². The Morgan fingerprint density at radius 2 is 1.05 bits per heavy atom. The molecule has 0 atom stereocenters. The molecular formula is C48H45N2O8+. The second-order valence-electron chi connectivity index (χ2n) is 13.7. The van der Waals surface area contributed by atoms with Gasteiger partial charge in [-0.25, -0.2) is 0 Å². The molecule has 0 fully saturated rings. The summed E-state index contributed by atoms with van der Waals surface area (Å²) in [6.45, 7) is 3.97. The van der Waals surface area contributed by atoms with Gasteiger partial charge in [-0.2, -0.15) is 4.58 Å². The van der Waals surface area contributed by atoms with E-state index in [4.69, 9.17) is 23.7 Å². The predicted octanol–water partition coefficient (Wildman–Crippen LogP) is 9.49. The van der Waals surface area contributed by atoms with Crippen LogP contribution < -0.4 is 23.7 Å². The molecule has 10 nitrogen and oxygen atoms in total. The van der Waals surface area contributed by atoms with Crippen LogP contribution in [0.25, 0.3) is 5.57 Å². The van der Waals surface area contributed by atoms with Gasteiger partial charge < -0.3 is 38.8 Å². The summed E-state index contributed by atoms with van der Waals surface area (Å²) in [4.78, 5) is 16.4. The molecule has 2 aliphatic carbocycles. The van der Waals surface area contributed by atoms with Crippen LogP contribution >= 0.6 is 0 Å². The quantitative estimate of drug-likeness (QED) is 0.0946. The summed E-state index contributed by atoms with van der Waals surface area (Å²) in [7, 11) is 7.66. The Balaban J connectivity index is 1.37. The van der Waals surface area contributed by atoms with Gasteiger partial charge in [0, 0.05) is 47.8 Å². The molecule has 2 aliphatic rings. The number of hydrogen-bond acceptors (Lipinski definition) is 9. The number of rotatable bonds is 12. The number of carbonyl (C=O) groups excluding carboxylic acids is 1. The molecule has 5 aromatic rings. The summed E-state index contributed by atoms with van der Waals surface area (Å²) in [6.07, 6.45) is 3.63. The van der Waals surface area contributed by atoms with E-state index < -0.39 is 5.78 Å². The lowest BCUT2D eigenvalue weighted by Crippen LogP contribution is -2.27. The molecule has 7 rings (SSSR count). The Labute approximate surface area is 338 Å². The lowest BCUT2D eigenvalue weighted by molar-refractivity contribution is -0.111. The average Bonchev–Trinajstić information content (AvgIpc) is 3.26. The number of ketones is 1. The maximum atomic E-state index is 14.4. The first-order valence-electron chi connectivity index (χ1n) is 18.6. The van der Waals surface area contributed by atoms with Gasteiger partial charge in [0.1, 0.15) is 34.5 Å². The first-order chi connectivity index (χ1) is 28.1. The van der Waals surface area contributed by atoms with Crippen molar-refractivity contribution in [2.75, 3.05) is 40.4 Å². The average molecular weight is 778 g/mol. The van der Waals surface area contributed by atoms with E-state index in [9.17, 15) is 15.0 Å². The molecule has 0 aliphatic heterocycles. The van der Waals surface area contributed by atoms with Gasteiger partial charge in [0.25, 0.3) is 0 Å². The first-order valence-corrected chi connectivity index (χ1v) is 18.6. The normalized spacial score (nSPS) is 13.7. The minimum absolute atomic E-state index is 0.0390. The van der Waals surface area contributed by atoms with Crippen LogP contribution in [-0.4, -0.2) is 57.3 Å². The highest BCUT2D eigenvalue weighted by atomic mass is 16.5.